The summed E-state index contributed by atoms with van der Waals surface area (Å²) in [6.07, 6.45) is 0. The standard InChI is InChI=1S/Be.4H2O/h;4*1H2/q+2;;;;/p-4. The zero-order valence-electron chi connectivity index (χ0n) is 2.50. The summed E-state index contributed by atoms with van der Waals surface area (Å²) < 4.78 is 0. The Kier molecular flexibility index (Phi) is 96100000000. The molecule has 5 heteroatoms. The fraction of sp³-hybridized carbons (Fsp3) is 0. The van der Waals surface area contributed by atoms with E-state index < -0.39 is 0 Å². The molecule has 5 heavy (non-hydrogen) atoms. The van der Waals surface area contributed by atoms with Gasteiger partial charge in [0.15, 0.2) is 0 Å². The van der Waals surface area contributed by atoms with Crippen LogP contribution in [0.1, 0.15) is 0 Å². The summed E-state index contributed by atoms with van der Waals surface area (Å²) >= 11 is 0. The predicted octanol–water partition coefficient (Wildman–Crippen LogP) is -1.09. The molecular weight excluding hydrogens is 73.0 g/mol. The summed E-state index contributed by atoms with van der Waals surface area (Å²) in [5, 5.41) is 0. The molecule has 0 aliphatic heterocycles. The molecular formula is H4BeO4-2. The molecule has 0 aromatic heterocycles. The van der Waals surface area contributed by atoms with Gasteiger partial charge >= 0.3 is 10.1 Å². The van der Waals surface area contributed by atoms with Crippen molar-refractivity contribution in [1.29, 1.82) is 0 Å². The molecule has 0 aliphatic carbocycles. The predicted molar refractivity (Wildman–Crippen MR) is 13.5 cm³/mol. The van der Waals surface area contributed by atoms with Crippen molar-refractivity contribution in [2.75, 3.05) is 0 Å². The number of hydrogen-bond donors (Lipinski definition) is 0. The van der Waals surface area contributed by atoms with Crippen molar-refractivity contribution < 1.29 is 21.9 Å². The molecule has 0 radical (unpaired) electrons. The van der Waals surface area contributed by atoms with Gasteiger partial charge in [-0.2, -0.15) is 0 Å². The molecule has 32 valence electrons. The Labute approximate surface area is 33.3 Å². The van der Waals surface area contributed by atoms with Gasteiger partial charge in [0, 0.05) is 0 Å². The second kappa shape index (κ2) is 465000. The van der Waals surface area contributed by atoms with Crippen LogP contribution in [0.2, 0.25) is 0 Å². The quantitative estimate of drug-likeness (QED) is 0.341. The zero-order chi connectivity index (χ0) is 0. The van der Waals surface area contributed by atoms with Crippen LogP contribution >= 0.6 is 0 Å². The maximum Gasteiger partial charge on any atom is 2.00 e. The van der Waals surface area contributed by atoms with E-state index in [1.807, 2.05) is 0 Å². The largest absolute Gasteiger partial charge is 2.00 e. The molecule has 0 rings (SSSR count). The Morgan fingerprint density at radius 3 is 0.400 bits per heavy atom. The minimum absolute atomic E-state index is 0. The third-order valence-electron chi connectivity index (χ3n) is 0. The van der Waals surface area contributed by atoms with E-state index in [2.05, 4.69) is 0 Å². The second-order valence-corrected chi connectivity index (χ2v) is 0. The topological polar surface area (TPSA) is 120 Å². The van der Waals surface area contributed by atoms with Gasteiger partial charge in [-0.3, -0.25) is 0 Å². The maximum atomic E-state index is 0. The molecule has 0 heterocycles. The van der Waals surface area contributed by atoms with Crippen molar-refractivity contribution in [2.45, 2.75) is 0 Å². The van der Waals surface area contributed by atoms with E-state index in [4.69, 9.17) is 0 Å². The first-order chi connectivity index (χ1) is 0. The van der Waals surface area contributed by atoms with Gasteiger partial charge in [-0.15, -0.1) is 0 Å². The van der Waals surface area contributed by atoms with Gasteiger partial charge in [-0.05, 0) is 0 Å². The fourth-order valence-corrected chi connectivity index (χ4v) is 0. The molecule has 0 aliphatic rings. The normalized spacial score (nSPS) is 0. The van der Waals surface area contributed by atoms with Gasteiger partial charge in [0.2, 0.25) is 0 Å². The molecule has 0 saturated heterocycles. The smallest absolute Gasteiger partial charge is 0.870 e. The molecule has 4 N–H and O–H groups in total. The van der Waals surface area contributed by atoms with Crippen LogP contribution in [0.5, 0.6) is 0 Å². The van der Waals surface area contributed by atoms with Gasteiger partial charge in [0.1, 0.15) is 0 Å². The monoisotopic (exact) mass is 77.0 g/mol. The molecule has 0 bridgehead atoms. The van der Waals surface area contributed by atoms with E-state index in [1.54, 1.807) is 0 Å². The van der Waals surface area contributed by atoms with Crippen molar-refractivity contribution in [3.05, 3.63) is 0 Å². The van der Waals surface area contributed by atoms with Crippen LogP contribution in [0.25, 0.3) is 0 Å². The maximum absolute atomic E-state index is 0. The average molecular weight is 77.0 g/mol. The van der Waals surface area contributed by atoms with E-state index in [0.717, 1.165) is 0 Å². The summed E-state index contributed by atoms with van der Waals surface area (Å²) in [5.41, 5.74) is 0. The number of hydrogen-bond acceptors (Lipinski definition) is 4. The molecule has 0 aromatic carbocycles. The second-order valence-electron chi connectivity index (χ2n) is 0. The van der Waals surface area contributed by atoms with Crippen molar-refractivity contribution >= 4 is 10.1 Å². The van der Waals surface area contributed by atoms with Crippen LogP contribution < -0.4 is 0 Å². The van der Waals surface area contributed by atoms with Crippen LogP contribution in [0.15, 0.2) is 0 Å². The first kappa shape index (κ1) is 1030000. The van der Waals surface area contributed by atoms with Crippen LogP contribution in [-0.4, -0.2) is 32.0 Å². The van der Waals surface area contributed by atoms with Gasteiger partial charge in [-0.25, -0.2) is 0 Å². The minimum Gasteiger partial charge on any atom is -0.870 e. The van der Waals surface area contributed by atoms with E-state index in [0.29, 0.717) is 0 Å². The molecule has 0 amide bonds. The van der Waals surface area contributed by atoms with E-state index >= 15 is 0 Å². The van der Waals surface area contributed by atoms with Gasteiger partial charge < -0.3 is 21.9 Å². The van der Waals surface area contributed by atoms with Crippen molar-refractivity contribution in [3.8, 4) is 0 Å². The van der Waals surface area contributed by atoms with Crippen LogP contribution in [0, 0.1) is 0 Å². The van der Waals surface area contributed by atoms with Gasteiger partial charge in [0.25, 0.3) is 0 Å². The molecule has 0 aromatic rings. The Hall–Kier alpha value is 0.00883. The minimum atomic E-state index is 0. The van der Waals surface area contributed by atoms with Crippen LogP contribution in [-0.2, 0) is 0 Å². The van der Waals surface area contributed by atoms with E-state index in [-0.39, 0.29) is 32.0 Å². The summed E-state index contributed by atoms with van der Waals surface area (Å²) in [4.78, 5) is 0. The summed E-state index contributed by atoms with van der Waals surface area (Å²) in [6.45, 7) is 0. The number of rotatable bonds is 0. The zero-order valence-corrected chi connectivity index (χ0v) is 2.50. The van der Waals surface area contributed by atoms with Crippen molar-refractivity contribution in [1.82, 2.24) is 0 Å². The summed E-state index contributed by atoms with van der Waals surface area (Å²) in [5.74, 6) is 0. The van der Waals surface area contributed by atoms with Crippen molar-refractivity contribution in [3.63, 3.8) is 0 Å². The molecule has 0 spiro atoms. The Balaban J connectivity index is 0. The summed E-state index contributed by atoms with van der Waals surface area (Å²) in [7, 11) is 0. The third-order valence-corrected chi connectivity index (χ3v) is 0. The first-order valence-corrected chi connectivity index (χ1v) is 0. The van der Waals surface area contributed by atoms with Crippen molar-refractivity contribution in [2.24, 2.45) is 0 Å². The van der Waals surface area contributed by atoms with Crippen LogP contribution in [0.4, 0.5) is 0 Å². The molecule has 0 unspecified atom stereocenters. The molecule has 0 fully saturated rings. The first-order valence-electron chi connectivity index (χ1n) is 0. The van der Waals surface area contributed by atoms with Gasteiger partial charge in [-0.1, -0.05) is 0 Å². The molecule has 0 saturated carbocycles. The average Bonchev–Trinajstić information content (AvgIpc) is 0. The van der Waals surface area contributed by atoms with Crippen LogP contribution in [0.3, 0.4) is 0 Å². The molecule has 4 nitrogen and oxygen atoms in total. The Bertz CT molecular complexity index is 3.61. The SMILES string of the molecule is [Be+2].[OH-].[OH-].[OH-].[OH-]. The Morgan fingerprint density at radius 2 is 0.400 bits per heavy atom. The van der Waals surface area contributed by atoms with E-state index in [1.165, 1.54) is 0 Å². The molecule has 0 atom stereocenters. The summed E-state index contributed by atoms with van der Waals surface area (Å²) in [6, 6.07) is 0. The van der Waals surface area contributed by atoms with Gasteiger partial charge in [0.05, 0.1) is 0 Å². The van der Waals surface area contributed by atoms with E-state index in [9.17, 15) is 0 Å². The Morgan fingerprint density at radius 1 is 0.400 bits per heavy atom. The third kappa shape index (κ3) is 207000. The fourth-order valence-electron chi connectivity index (χ4n) is 0.